The number of oxazole rings is 1. The Morgan fingerprint density at radius 1 is 0.796 bits per heavy atom. The summed E-state index contributed by atoms with van der Waals surface area (Å²) in [6.45, 7) is 0. The average Bonchev–Trinajstić information content (AvgIpc) is 3.56. The van der Waals surface area contributed by atoms with Crippen molar-refractivity contribution in [3.05, 3.63) is 154 Å². The van der Waals surface area contributed by atoms with Crippen LogP contribution in [0.1, 0.15) is 15.9 Å². The van der Waals surface area contributed by atoms with Crippen LogP contribution in [0.2, 0.25) is 0 Å². The molecule has 0 fully saturated rings. The molecule has 0 saturated carbocycles. The Morgan fingerprint density at radius 3 is 2.31 bits per heavy atom. The lowest BCUT2D eigenvalue weighted by Gasteiger charge is -2.12. The van der Waals surface area contributed by atoms with Crippen molar-refractivity contribution in [2.75, 3.05) is 16.4 Å². The van der Waals surface area contributed by atoms with Crippen LogP contribution < -0.4 is 16.0 Å². The summed E-state index contributed by atoms with van der Waals surface area (Å²) < 4.78 is 5.81. The van der Waals surface area contributed by atoms with Gasteiger partial charge in [0, 0.05) is 33.5 Å². The second kappa shape index (κ2) is 14.9. The first-order valence-electron chi connectivity index (χ1n) is 14.9. The summed E-state index contributed by atoms with van der Waals surface area (Å²) in [7, 11) is 0. The number of benzene rings is 5. The highest BCUT2D eigenvalue weighted by molar-refractivity contribution is 8.00. The van der Waals surface area contributed by atoms with E-state index >= 15 is 0 Å². The van der Waals surface area contributed by atoms with E-state index in [0.29, 0.717) is 33.3 Å². The molecule has 0 aliphatic carbocycles. The number of aromatic nitrogens is 1. The molecule has 5 aromatic carbocycles. The quantitative estimate of drug-likeness (QED) is 0.0553. The van der Waals surface area contributed by atoms with Gasteiger partial charge in [0.05, 0.1) is 16.2 Å². The van der Waals surface area contributed by atoms with Gasteiger partial charge in [0.1, 0.15) is 11.2 Å². The topological polar surface area (TPSA) is 156 Å². The van der Waals surface area contributed by atoms with Crippen LogP contribution in [0, 0.1) is 10.1 Å². The van der Waals surface area contributed by atoms with Crippen LogP contribution in [-0.4, -0.2) is 33.4 Å². The lowest BCUT2D eigenvalue weighted by Crippen LogP contribution is -2.30. The van der Waals surface area contributed by atoms with Crippen molar-refractivity contribution in [2.45, 2.75) is 4.90 Å². The van der Waals surface area contributed by atoms with Gasteiger partial charge in [-0.2, -0.15) is 0 Å². The van der Waals surface area contributed by atoms with Crippen molar-refractivity contribution in [1.29, 1.82) is 0 Å². The number of fused-ring (bicyclic) bond motifs is 1. The number of nitro benzene ring substituents is 1. The van der Waals surface area contributed by atoms with Crippen molar-refractivity contribution < 1.29 is 23.7 Å². The van der Waals surface area contributed by atoms with Crippen molar-refractivity contribution in [3.8, 4) is 11.5 Å². The third-order valence-corrected chi connectivity index (χ3v) is 8.13. The molecule has 49 heavy (non-hydrogen) atoms. The van der Waals surface area contributed by atoms with Crippen LogP contribution in [0.3, 0.4) is 0 Å². The second-order valence-electron chi connectivity index (χ2n) is 10.6. The molecule has 3 N–H and O–H groups in total. The number of para-hydroxylation sites is 3. The summed E-state index contributed by atoms with van der Waals surface area (Å²) in [6, 6.07) is 35.7. The number of nitro groups is 1. The normalized spacial score (nSPS) is 11.1. The van der Waals surface area contributed by atoms with E-state index in [0.717, 1.165) is 11.1 Å². The molecule has 242 valence electrons. The van der Waals surface area contributed by atoms with Gasteiger partial charge >= 0.3 is 0 Å². The van der Waals surface area contributed by atoms with Gasteiger partial charge in [0.25, 0.3) is 17.5 Å². The fraction of sp³-hybridized carbons (Fsp3) is 0.0270. The highest BCUT2D eigenvalue weighted by Gasteiger charge is 2.19. The maximum Gasteiger partial charge on any atom is 0.276 e. The number of rotatable bonds is 11. The highest BCUT2D eigenvalue weighted by atomic mass is 32.2. The number of anilines is 2. The maximum atomic E-state index is 13.5. The molecule has 1 aromatic heterocycles. The molecule has 6 aromatic rings. The molecule has 0 spiro atoms. The molecule has 0 aliphatic heterocycles. The van der Waals surface area contributed by atoms with E-state index in [9.17, 15) is 24.5 Å². The Morgan fingerprint density at radius 2 is 1.53 bits per heavy atom. The molecule has 0 radical (unpaired) electrons. The van der Waals surface area contributed by atoms with Gasteiger partial charge < -0.3 is 20.4 Å². The zero-order chi connectivity index (χ0) is 34.2. The third-order valence-electron chi connectivity index (χ3n) is 7.13. The number of nitrogens with zero attached hydrogens (tertiary/aromatic N) is 2. The molecule has 6 rings (SSSR count). The second-order valence-corrected chi connectivity index (χ2v) is 11.6. The average molecular weight is 670 g/mol. The first-order valence-corrected chi connectivity index (χ1v) is 15.9. The Bertz CT molecular complexity index is 2170. The fourth-order valence-electron chi connectivity index (χ4n) is 4.77. The van der Waals surface area contributed by atoms with Gasteiger partial charge in [-0.25, -0.2) is 4.98 Å². The summed E-state index contributed by atoms with van der Waals surface area (Å²) in [6.07, 6.45) is 1.26. The number of hydrogen-bond acceptors (Lipinski definition) is 8. The van der Waals surface area contributed by atoms with E-state index in [2.05, 4.69) is 20.9 Å². The Labute approximate surface area is 284 Å². The number of nitrogens with one attached hydrogen (secondary N) is 3. The summed E-state index contributed by atoms with van der Waals surface area (Å²) in [5.74, 6) is -0.892. The number of carbonyl (C=O) groups is 3. The smallest absolute Gasteiger partial charge is 0.276 e. The van der Waals surface area contributed by atoms with E-state index in [1.807, 2.05) is 36.4 Å². The number of amides is 3. The molecule has 0 unspecified atom stereocenters. The van der Waals surface area contributed by atoms with Gasteiger partial charge in [-0.1, -0.05) is 48.5 Å². The van der Waals surface area contributed by atoms with Gasteiger partial charge in [0.2, 0.25) is 11.8 Å². The minimum absolute atomic E-state index is 0.0975. The van der Waals surface area contributed by atoms with Crippen molar-refractivity contribution in [3.63, 3.8) is 0 Å². The fourth-order valence-corrected chi connectivity index (χ4v) is 5.53. The molecule has 3 amide bonds. The molecule has 11 nitrogen and oxygen atoms in total. The molecular weight excluding hydrogens is 643 g/mol. The first-order chi connectivity index (χ1) is 23.8. The van der Waals surface area contributed by atoms with E-state index in [1.54, 1.807) is 72.8 Å². The van der Waals surface area contributed by atoms with Gasteiger partial charge in [-0.3, -0.25) is 24.5 Å². The van der Waals surface area contributed by atoms with Crippen molar-refractivity contribution in [1.82, 2.24) is 10.3 Å². The molecule has 0 atom stereocenters. The zero-order valence-corrected chi connectivity index (χ0v) is 26.5. The third kappa shape index (κ3) is 8.25. The summed E-state index contributed by atoms with van der Waals surface area (Å²) in [4.78, 5) is 55.4. The monoisotopic (exact) mass is 669 g/mol. The maximum absolute atomic E-state index is 13.5. The van der Waals surface area contributed by atoms with Crippen molar-refractivity contribution >= 4 is 63.7 Å². The molecule has 12 heteroatoms. The lowest BCUT2D eigenvalue weighted by molar-refractivity contribution is -0.385. The largest absolute Gasteiger partial charge is 0.436 e. The standard InChI is InChI=1S/C37H27N5O6S/c43-34(38-27-19-17-25(18-20-27)37-41-30-14-5-7-16-33(30)48-37)23-49-29-13-8-12-28(22-29)39-36(45)31(40-35(44)24-9-2-1-3-10-24)21-26-11-4-6-15-32(26)42(46)47/h1-22H,23H2,(H,38,43)(H,39,45)(H,40,44)/b31-21+. The minimum atomic E-state index is -0.691. The van der Waals surface area contributed by atoms with E-state index in [4.69, 9.17) is 4.42 Å². The predicted molar refractivity (Wildman–Crippen MR) is 189 cm³/mol. The van der Waals surface area contributed by atoms with Crippen LogP contribution in [0.5, 0.6) is 0 Å². The van der Waals surface area contributed by atoms with Crippen LogP contribution in [0.15, 0.2) is 142 Å². The first kappa shape index (κ1) is 32.4. The minimum Gasteiger partial charge on any atom is -0.436 e. The summed E-state index contributed by atoms with van der Waals surface area (Å²) in [5, 5.41) is 19.8. The van der Waals surface area contributed by atoms with E-state index in [-0.39, 0.29) is 28.6 Å². The number of carbonyl (C=O) groups excluding carboxylic acids is 3. The Balaban J connectivity index is 1.10. The van der Waals surface area contributed by atoms with Gasteiger partial charge in [-0.05, 0) is 78.9 Å². The zero-order valence-electron chi connectivity index (χ0n) is 25.7. The van der Waals surface area contributed by atoms with E-state index < -0.39 is 16.7 Å². The van der Waals surface area contributed by atoms with Crippen LogP contribution >= 0.6 is 11.8 Å². The highest BCUT2D eigenvalue weighted by Crippen LogP contribution is 2.27. The molecular formula is C37H27N5O6S. The van der Waals surface area contributed by atoms with Gasteiger partial charge in [0.15, 0.2) is 5.58 Å². The number of thioether (sulfide) groups is 1. The summed E-state index contributed by atoms with van der Waals surface area (Å²) in [5.41, 5.74) is 3.28. The SMILES string of the molecule is O=C(CSc1cccc(NC(=O)/C(=C\c2ccccc2[N+](=O)[O-])NC(=O)c2ccccc2)c1)Nc1ccc(-c2nc3ccccc3o2)cc1. The molecule has 1 heterocycles. The van der Waals surface area contributed by atoms with Gasteiger partial charge in [-0.15, -0.1) is 11.8 Å². The Kier molecular flexibility index (Phi) is 9.87. The predicted octanol–water partition coefficient (Wildman–Crippen LogP) is 7.54. The van der Waals surface area contributed by atoms with Crippen molar-refractivity contribution in [2.24, 2.45) is 0 Å². The summed E-state index contributed by atoms with van der Waals surface area (Å²) >= 11 is 1.27. The van der Waals surface area contributed by atoms with Crippen LogP contribution in [0.25, 0.3) is 28.6 Å². The lowest BCUT2D eigenvalue weighted by atomic mass is 10.1. The van der Waals surface area contributed by atoms with Crippen LogP contribution in [-0.2, 0) is 9.59 Å². The number of hydrogen-bond donors (Lipinski definition) is 3. The molecule has 0 bridgehead atoms. The van der Waals surface area contributed by atoms with Crippen LogP contribution in [0.4, 0.5) is 17.1 Å². The Hall–Kier alpha value is -6.53. The molecule has 0 aliphatic rings. The van der Waals surface area contributed by atoms with E-state index in [1.165, 1.54) is 36.0 Å². The molecule has 0 saturated heterocycles.